The fraction of sp³-hybridized carbons (Fsp3) is 0.533. The lowest BCUT2D eigenvalue weighted by molar-refractivity contribution is 0.114. The van der Waals surface area contributed by atoms with E-state index in [0.29, 0.717) is 11.6 Å². The topological polar surface area (TPSA) is 56.0 Å². The van der Waals surface area contributed by atoms with Crippen LogP contribution in [0.3, 0.4) is 0 Å². The van der Waals surface area contributed by atoms with Gasteiger partial charge in [0, 0.05) is 12.1 Å². The maximum atomic E-state index is 9.48. The van der Waals surface area contributed by atoms with E-state index in [-0.39, 0.29) is 12.1 Å². The number of nitrogens with zero attached hydrogens (tertiary/aromatic N) is 1. The van der Waals surface area contributed by atoms with E-state index in [1.165, 1.54) is 0 Å². The second-order valence-corrected chi connectivity index (χ2v) is 5.13. The van der Waals surface area contributed by atoms with Crippen LogP contribution < -0.4 is 5.32 Å². The molecule has 18 heavy (non-hydrogen) atoms. The summed E-state index contributed by atoms with van der Waals surface area (Å²) in [6.45, 7) is 2.13. The van der Waals surface area contributed by atoms with Crippen molar-refractivity contribution in [2.45, 2.75) is 50.8 Å². The van der Waals surface area contributed by atoms with Crippen LogP contribution in [0.4, 0.5) is 0 Å². The largest absolute Gasteiger partial charge is 0.393 e. The molecule has 3 heteroatoms. The highest BCUT2D eigenvalue weighted by atomic mass is 16.3. The van der Waals surface area contributed by atoms with Gasteiger partial charge in [0.1, 0.15) is 0 Å². The van der Waals surface area contributed by atoms with Gasteiger partial charge in [-0.05, 0) is 50.3 Å². The van der Waals surface area contributed by atoms with Gasteiger partial charge in [-0.3, -0.25) is 0 Å². The summed E-state index contributed by atoms with van der Waals surface area (Å²) in [4.78, 5) is 0. The first-order valence-electron chi connectivity index (χ1n) is 6.63. The van der Waals surface area contributed by atoms with Crippen LogP contribution in [0, 0.1) is 11.3 Å². The summed E-state index contributed by atoms with van der Waals surface area (Å²) in [5.74, 6) is 0. The Labute approximate surface area is 108 Å². The van der Waals surface area contributed by atoms with Gasteiger partial charge in [0.2, 0.25) is 0 Å². The van der Waals surface area contributed by atoms with E-state index in [1.54, 1.807) is 0 Å². The Morgan fingerprint density at radius 3 is 2.72 bits per heavy atom. The fourth-order valence-corrected chi connectivity index (χ4v) is 2.57. The Morgan fingerprint density at radius 1 is 1.33 bits per heavy atom. The summed E-state index contributed by atoms with van der Waals surface area (Å²) >= 11 is 0. The Hall–Kier alpha value is -1.37. The Bertz CT molecular complexity index is 430. The third kappa shape index (κ3) is 3.32. The van der Waals surface area contributed by atoms with Gasteiger partial charge >= 0.3 is 0 Å². The molecule has 0 spiro atoms. The van der Waals surface area contributed by atoms with E-state index >= 15 is 0 Å². The molecule has 0 heterocycles. The lowest BCUT2D eigenvalue weighted by atomic mass is 9.92. The van der Waals surface area contributed by atoms with Crippen molar-refractivity contribution in [2.24, 2.45) is 0 Å². The Kier molecular flexibility index (Phi) is 4.35. The number of aliphatic hydroxyl groups is 1. The lowest BCUT2D eigenvalue weighted by Gasteiger charge is -2.29. The van der Waals surface area contributed by atoms with E-state index in [9.17, 15) is 5.11 Å². The van der Waals surface area contributed by atoms with Crippen molar-refractivity contribution in [2.75, 3.05) is 0 Å². The first kappa shape index (κ1) is 13.1. The molecule has 0 saturated heterocycles. The van der Waals surface area contributed by atoms with Gasteiger partial charge in [0.05, 0.1) is 17.7 Å². The van der Waals surface area contributed by atoms with Crippen LogP contribution in [0.15, 0.2) is 24.3 Å². The number of hydrogen-bond donors (Lipinski definition) is 2. The monoisotopic (exact) mass is 244 g/mol. The van der Waals surface area contributed by atoms with E-state index in [4.69, 9.17) is 5.26 Å². The Balaban J connectivity index is 1.95. The van der Waals surface area contributed by atoms with Crippen molar-refractivity contribution in [1.29, 1.82) is 5.26 Å². The van der Waals surface area contributed by atoms with E-state index in [2.05, 4.69) is 24.4 Å². The average molecular weight is 244 g/mol. The molecule has 2 rings (SSSR count). The standard InChI is InChI=1S/C15H20N2O/c1-11(13-4-2-3-12(9-13)10-16)17-14-5-7-15(18)8-6-14/h2-4,9,11,14-15,17-18H,5-8H2,1H3. The summed E-state index contributed by atoms with van der Waals surface area (Å²) in [5.41, 5.74) is 1.86. The molecule has 1 unspecified atom stereocenters. The molecule has 2 N–H and O–H groups in total. The quantitative estimate of drug-likeness (QED) is 0.859. The van der Waals surface area contributed by atoms with Crippen LogP contribution >= 0.6 is 0 Å². The molecule has 1 aromatic carbocycles. The summed E-state index contributed by atoms with van der Waals surface area (Å²) < 4.78 is 0. The highest BCUT2D eigenvalue weighted by Gasteiger charge is 2.20. The first-order valence-corrected chi connectivity index (χ1v) is 6.63. The highest BCUT2D eigenvalue weighted by Crippen LogP contribution is 2.22. The molecule has 1 saturated carbocycles. The van der Waals surface area contributed by atoms with Crippen LogP contribution in [-0.4, -0.2) is 17.3 Å². The van der Waals surface area contributed by atoms with Crippen LogP contribution in [0.25, 0.3) is 0 Å². The number of rotatable bonds is 3. The van der Waals surface area contributed by atoms with Crippen molar-refractivity contribution in [3.05, 3.63) is 35.4 Å². The number of aliphatic hydroxyl groups excluding tert-OH is 1. The zero-order chi connectivity index (χ0) is 13.0. The van der Waals surface area contributed by atoms with Crippen LogP contribution in [0.2, 0.25) is 0 Å². The molecular formula is C15H20N2O. The molecule has 0 aliphatic heterocycles. The number of benzene rings is 1. The summed E-state index contributed by atoms with van der Waals surface area (Å²) in [7, 11) is 0. The first-order chi connectivity index (χ1) is 8.69. The van der Waals surface area contributed by atoms with E-state index in [1.807, 2.05) is 18.2 Å². The van der Waals surface area contributed by atoms with E-state index in [0.717, 1.165) is 31.2 Å². The fourth-order valence-electron chi connectivity index (χ4n) is 2.57. The normalized spacial score (nSPS) is 25.4. The number of nitriles is 1. The van der Waals surface area contributed by atoms with Gasteiger partial charge in [-0.25, -0.2) is 0 Å². The van der Waals surface area contributed by atoms with Crippen molar-refractivity contribution in [3.63, 3.8) is 0 Å². The van der Waals surface area contributed by atoms with E-state index < -0.39 is 0 Å². The Morgan fingerprint density at radius 2 is 2.06 bits per heavy atom. The van der Waals surface area contributed by atoms with Crippen molar-refractivity contribution >= 4 is 0 Å². The molecule has 1 aromatic rings. The van der Waals surface area contributed by atoms with Gasteiger partial charge in [0.25, 0.3) is 0 Å². The van der Waals surface area contributed by atoms with Crippen LogP contribution in [-0.2, 0) is 0 Å². The third-order valence-electron chi connectivity index (χ3n) is 3.70. The zero-order valence-corrected chi connectivity index (χ0v) is 10.8. The molecule has 1 fully saturated rings. The second kappa shape index (κ2) is 5.99. The summed E-state index contributed by atoms with van der Waals surface area (Å²) in [5, 5.41) is 22.0. The van der Waals surface area contributed by atoms with Gasteiger partial charge in [-0.1, -0.05) is 12.1 Å². The molecule has 0 amide bonds. The molecule has 0 aromatic heterocycles. The minimum atomic E-state index is -0.111. The van der Waals surface area contributed by atoms with Crippen LogP contribution in [0.5, 0.6) is 0 Å². The number of nitrogens with one attached hydrogen (secondary N) is 1. The molecule has 1 aliphatic rings. The third-order valence-corrected chi connectivity index (χ3v) is 3.70. The van der Waals surface area contributed by atoms with Gasteiger partial charge < -0.3 is 10.4 Å². The molecule has 1 atom stereocenters. The van der Waals surface area contributed by atoms with Gasteiger partial charge in [-0.15, -0.1) is 0 Å². The maximum absolute atomic E-state index is 9.48. The molecule has 0 radical (unpaired) electrons. The molecule has 3 nitrogen and oxygen atoms in total. The molecule has 1 aliphatic carbocycles. The maximum Gasteiger partial charge on any atom is 0.0991 e. The minimum Gasteiger partial charge on any atom is -0.393 e. The molecular weight excluding hydrogens is 224 g/mol. The summed E-state index contributed by atoms with van der Waals surface area (Å²) in [6, 6.07) is 10.6. The second-order valence-electron chi connectivity index (χ2n) is 5.13. The van der Waals surface area contributed by atoms with Gasteiger partial charge in [0.15, 0.2) is 0 Å². The smallest absolute Gasteiger partial charge is 0.0991 e. The van der Waals surface area contributed by atoms with Crippen LogP contribution in [0.1, 0.15) is 49.8 Å². The predicted molar refractivity (Wildman–Crippen MR) is 71.0 cm³/mol. The van der Waals surface area contributed by atoms with Crippen molar-refractivity contribution in [1.82, 2.24) is 5.32 Å². The predicted octanol–water partition coefficient (Wildman–Crippen LogP) is 2.51. The SMILES string of the molecule is CC(NC1CCC(O)CC1)c1cccc(C#N)c1. The van der Waals surface area contributed by atoms with Crippen molar-refractivity contribution in [3.8, 4) is 6.07 Å². The molecule has 0 bridgehead atoms. The number of hydrogen-bond acceptors (Lipinski definition) is 3. The van der Waals surface area contributed by atoms with Crippen molar-refractivity contribution < 1.29 is 5.11 Å². The minimum absolute atomic E-state index is 0.111. The average Bonchev–Trinajstić information content (AvgIpc) is 2.41. The highest BCUT2D eigenvalue weighted by molar-refractivity contribution is 5.34. The van der Waals surface area contributed by atoms with Gasteiger partial charge in [-0.2, -0.15) is 5.26 Å². The summed E-state index contributed by atoms with van der Waals surface area (Å²) in [6.07, 6.45) is 3.73. The lowest BCUT2D eigenvalue weighted by Crippen LogP contribution is -2.36. The zero-order valence-electron chi connectivity index (χ0n) is 10.8. The molecule has 96 valence electrons.